The highest BCUT2D eigenvalue weighted by Gasteiger charge is 2.47. The second kappa shape index (κ2) is 9.36. The van der Waals surface area contributed by atoms with E-state index in [1.807, 2.05) is 18.2 Å². The molecule has 3 aliphatic rings. The zero-order valence-corrected chi connectivity index (χ0v) is 18.3. The van der Waals surface area contributed by atoms with Crippen LogP contribution in [0, 0.1) is 5.92 Å². The maximum atomic E-state index is 12.9. The van der Waals surface area contributed by atoms with Crippen LogP contribution in [0.2, 0.25) is 0 Å². The standard InChI is InChI=1S/C23H32N4O4/c1-15(2)13-26-9-10-31-17(14-26)11-24-20(28)12-25-22(29)21-18-5-3-4-6-19(18)23(30)27(21)16-7-8-16/h3-6,15-17,21H,7-14H2,1-2H3,(H,24,28)(H,25,29). The van der Waals surface area contributed by atoms with Gasteiger partial charge in [0.05, 0.1) is 19.3 Å². The number of morpholine rings is 1. The maximum Gasteiger partial charge on any atom is 0.255 e. The van der Waals surface area contributed by atoms with Crippen LogP contribution >= 0.6 is 0 Å². The van der Waals surface area contributed by atoms with Gasteiger partial charge in [0.15, 0.2) is 0 Å². The molecule has 0 spiro atoms. The average molecular weight is 429 g/mol. The van der Waals surface area contributed by atoms with E-state index in [2.05, 4.69) is 29.4 Å². The number of ether oxygens (including phenoxy) is 1. The molecule has 1 saturated carbocycles. The van der Waals surface area contributed by atoms with Gasteiger partial charge in [-0.05, 0) is 30.4 Å². The van der Waals surface area contributed by atoms with E-state index in [0.29, 0.717) is 24.6 Å². The summed E-state index contributed by atoms with van der Waals surface area (Å²) in [5.74, 6) is -0.0691. The molecule has 2 heterocycles. The van der Waals surface area contributed by atoms with Crippen molar-refractivity contribution in [3.05, 3.63) is 35.4 Å². The molecule has 2 unspecified atom stereocenters. The third kappa shape index (κ3) is 5.07. The lowest BCUT2D eigenvalue weighted by molar-refractivity contribution is -0.129. The minimum Gasteiger partial charge on any atom is -0.374 e. The van der Waals surface area contributed by atoms with Crippen LogP contribution in [0.25, 0.3) is 0 Å². The maximum absolute atomic E-state index is 12.9. The van der Waals surface area contributed by atoms with Crippen molar-refractivity contribution < 1.29 is 19.1 Å². The van der Waals surface area contributed by atoms with Crippen LogP contribution in [0.15, 0.2) is 24.3 Å². The summed E-state index contributed by atoms with van der Waals surface area (Å²) >= 11 is 0. The normalized spacial score (nSPS) is 23.7. The van der Waals surface area contributed by atoms with Crippen molar-refractivity contribution >= 4 is 17.7 Å². The average Bonchev–Trinajstić information content (AvgIpc) is 3.54. The van der Waals surface area contributed by atoms with Crippen LogP contribution in [-0.4, -0.2) is 79.0 Å². The van der Waals surface area contributed by atoms with Crippen molar-refractivity contribution in [1.82, 2.24) is 20.4 Å². The molecule has 1 aliphatic carbocycles. The molecule has 3 amide bonds. The number of benzene rings is 1. The van der Waals surface area contributed by atoms with Crippen molar-refractivity contribution in [2.24, 2.45) is 5.92 Å². The van der Waals surface area contributed by atoms with Gasteiger partial charge in [-0.15, -0.1) is 0 Å². The second-order valence-electron chi connectivity index (χ2n) is 9.10. The first-order valence-electron chi connectivity index (χ1n) is 11.2. The van der Waals surface area contributed by atoms with Crippen molar-refractivity contribution in [3.8, 4) is 0 Å². The Morgan fingerprint density at radius 2 is 1.97 bits per heavy atom. The van der Waals surface area contributed by atoms with Gasteiger partial charge in [0.1, 0.15) is 6.04 Å². The number of rotatable bonds is 8. The number of amides is 3. The van der Waals surface area contributed by atoms with Crippen molar-refractivity contribution in [3.63, 3.8) is 0 Å². The molecule has 2 aliphatic heterocycles. The third-order valence-electron chi connectivity index (χ3n) is 5.98. The Bertz CT molecular complexity index is 839. The molecule has 1 aromatic carbocycles. The molecule has 4 rings (SSSR count). The zero-order chi connectivity index (χ0) is 22.0. The summed E-state index contributed by atoms with van der Waals surface area (Å²) in [4.78, 5) is 42.0. The molecule has 8 heteroatoms. The van der Waals surface area contributed by atoms with Gasteiger partial charge in [0.2, 0.25) is 11.8 Å². The van der Waals surface area contributed by atoms with E-state index in [0.717, 1.165) is 38.0 Å². The molecule has 8 nitrogen and oxygen atoms in total. The molecule has 0 radical (unpaired) electrons. The van der Waals surface area contributed by atoms with Gasteiger partial charge in [-0.3, -0.25) is 19.3 Å². The highest BCUT2D eigenvalue weighted by Crippen LogP contribution is 2.41. The Labute approximate surface area is 183 Å². The Morgan fingerprint density at radius 3 is 2.71 bits per heavy atom. The van der Waals surface area contributed by atoms with Crippen LogP contribution in [0.4, 0.5) is 0 Å². The van der Waals surface area contributed by atoms with Crippen molar-refractivity contribution in [1.29, 1.82) is 0 Å². The third-order valence-corrected chi connectivity index (χ3v) is 5.98. The minimum absolute atomic E-state index is 0.0446. The van der Waals surface area contributed by atoms with Gasteiger partial charge < -0.3 is 20.3 Å². The summed E-state index contributed by atoms with van der Waals surface area (Å²) in [6, 6.07) is 6.69. The van der Waals surface area contributed by atoms with E-state index in [4.69, 9.17) is 4.74 Å². The van der Waals surface area contributed by atoms with Gasteiger partial charge >= 0.3 is 0 Å². The van der Waals surface area contributed by atoms with E-state index < -0.39 is 6.04 Å². The van der Waals surface area contributed by atoms with E-state index in [1.54, 1.807) is 11.0 Å². The first kappa shape index (κ1) is 21.8. The molecule has 168 valence electrons. The summed E-state index contributed by atoms with van der Waals surface area (Å²) < 4.78 is 5.76. The quantitative estimate of drug-likeness (QED) is 0.643. The Morgan fingerprint density at radius 1 is 1.19 bits per heavy atom. The molecule has 0 aromatic heterocycles. The second-order valence-corrected chi connectivity index (χ2v) is 9.10. The lowest BCUT2D eigenvalue weighted by atomic mass is 10.0. The molecular weight excluding hydrogens is 396 g/mol. The highest BCUT2D eigenvalue weighted by molar-refractivity contribution is 6.05. The minimum atomic E-state index is -0.657. The predicted octanol–water partition coefficient (Wildman–Crippen LogP) is 0.935. The number of fused-ring (bicyclic) bond motifs is 1. The summed E-state index contributed by atoms with van der Waals surface area (Å²) in [7, 11) is 0. The van der Waals surface area contributed by atoms with E-state index >= 15 is 0 Å². The molecule has 31 heavy (non-hydrogen) atoms. The number of carbonyl (C=O) groups excluding carboxylic acids is 3. The van der Waals surface area contributed by atoms with Crippen molar-refractivity contribution in [2.45, 2.75) is 44.9 Å². The Kier molecular flexibility index (Phi) is 6.57. The number of nitrogens with zero attached hydrogens (tertiary/aromatic N) is 2. The summed E-state index contributed by atoms with van der Waals surface area (Å²) in [5, 5.41) is 5.59. The molecule has 2 N–H and O–H groups in total. The lowest BCUT2D eigenvalue weighted by Gasteiger charge is -2.34. The van der Waals surface area contributed by atoms with Gasteiger partial charge in [0.25, 0.3) is 5.91 Å². The molecule has 0 bridgehead atoms. The van der Waals surface area contributed by atoms with Crippen molar-refractivity contribution in [2.75, 3.05) is 39.3 Å². The number of nitrogens with one attached hydrogen (secondary N) is 2. The zero-order valence-electron chi connectivity index (χ0n) is 18.3. The van der Waals surface area contributed by atoms with E-state index in [9.17, 15) is 14.4 Å². The SMILES string of the molecule is CC(C)CN1CCOC(CNC(=O)CNC(=O)C2c3ccccc3C(=O)N2C2CC2)C1. The fourth-order valence-electron chi connectivity index (χ4n) is 4.47. The van der Waals surface area contributed by atoms with Crippen LogP contribution < -0.4 is 10.6 Å². The first-order valence-corrected chi connectivity index (χ1v) is 11.2. The molecule has 2 atom stereocenters. The highest BCUT2D eigenvalue weighted by atomic mass is 16.5. The van der Waals surface area contributed by atoms with Gasteiger partial charge in [-0.2, -0.15) is 0 Å². The summed E-state index contributed by atoms with van der Waals surface area (Å²) in [6.45, 7) is 8.07. The van der Waals surface area contributed by atoms with Crippen LogP contribution in [0.1, 0.15) is 48.7 Å². The Hall–Kier alpha value is -2.45. The van der Waals surface area contributed by atoms with Crippen LogP contribution in [-0.2, 0) is 14.3 Å². The fourth-order valence-corrected chi connectivity index (χ4v) is 4.47. The predicted molar refractivity (Wildman–Crippen MR) is 115 cm³/mol. The van der Waals surface area contributed by atoms with Crippen LogP contribution in [0.3, 0.4) is 0 Å². The lowest BCUT2D eigenvalue weighted by Crippen LogP contribution is -2.50. The first-order chi connectivity index (χ1) is 14.9. The smallest absolute Gasteiger partial charge is 0.255 e. The number of carbonyl (C=O) groups is 3. The number of hydrogen-bond acceptors (Lipinski definition) is 5. The van der Waals surface area contributed by atoms with Gasteiger partial charge in [0, 0.05) is 37.8 Å². The number of hydrogen-bond donors (Lipinski definition) is 2. The summed E-state index contributed by atoms with van der Waals surface area (Å²) in [5.41, 5.74) is 1.30. The molecule has 1 aromatic rings. The Balaban J connectivity index is 1.27. The van der Waals surface area contributed by atoms with Gasteiger partial charge in [-0.25, -0.2) is 0 Å². The molecule has 1 saturated heterocycles. The largest absolute Gasteiger partial charge is 0.374 e. The van der Waals surface area contributed by atoms with E-state index in [1.165, 1.54) is 0 Å². The summed E-state index contributed by atoms with van der Waals surface area (Å²) in [6.07, 6.45) is 1.79. The van der Waals surface area contributed by atoms with Gasteiger partial charge in [-0.1, -0.05) is 32.0 Å². The topological polar surface area (TPSA) is 91.0 Å². The molecule has 2 fully saturated rings. The van der Waals surface area contributed by atoms with E-state index in [-0.39, 0.29) is 36.4 Å². The molecular formula is C23H32N4O4. The fraction of sp³-hybridized carbons (Fsp3) is 0.609. The van der Waals surface area contributed by atoms with Crippen LogP contribution in [0.5, 0.6) is 0 Å². The monoisotopic (exact) mass is 428 g/mol.